The van der Waals surface area contributed by atoms with Gasteiger partial charge >= 0.3 is 0 Å². The number of rotatable bonds is 1. The van der Waals surface area contributed by atoms with Crippen LogP contribution in [0.4, 0.5) is 0 Å². The van der Waals surface area contributed by atoms with E-state index in [-0.39, 0.29) is 5.24 Å². The number of hydrogen-bond donors (Lipinski definition) is 0. The molecule has 0 aromatic rings. The van der Waals surface area contributed by atoms with E-state index in [1.165, 1.54) is 0 Å². The zero-order chi connectivity index (χ0) is 6.28. The molecular weight excluding hydrogens is 341 g/mol. The van der Waals surface area contributed by atoms with E-state index in [1.807, 2.05) is 0 Å². The Morgan fingerprint density at radius 3 is 1.86 bits per heavy atom. The number of hydrogen-bond acceptors (Lipinski definition) is 1. The van der Waals surface area contributed by atoms with Gasteiger partial charge in [-0.2, -0.15) is 0 Å². The van der Waals surface area contributed by atoms with E-state index in [9.17, 15) is 4.79 Å². The maximum Gasteiger partial charge on any atom is 0.221 e. The van der Waals surface area contributed by atoms with Crippen LogP contribution in [0.3, 0.4) is 0 Å². The fourth-order valence-electron chi connectivity index (χ4n) is 0. The molecule has 0 saturated heterocycles. The van der Waals surface area contributed by atoms with Crippen molar-refractivity contribution in [2.45, 2.75) is 13.3 Å². The monoisotopic (exact) mass is 346 g/mol. The third-order valence-electron chi connectivity index (χ3n) is 0.278. The molecule has 0 heterocycles. The highest BCUT2D eigenvalue weighted by molar-refractivity contribution is 15.0. The number of halogens is 3. The Labute approximate surface area is 71.5 Å². The number of carbonyl (C=O) groups excluding carboxylic acids is 1. The molecule has 0 saturated carbocycles. The Balaban J connectivity index is 0. The van der Waals surface area contributed by atoms with Crippen molar-refractivity contribution >= 4 is 54.1 Å². The smallest absolute Gasteiger partial charge is 0.221 e. The summed E-state index contributed by atoms with van der Waals surface area (Å²) in [5.41, 5.74) is 0. The van der Waals surface area contributed by atoms with Crippen molar-refractivity contribution in [2.24, 2.45) is 0 Å². The van der Waals surface area contributed by atoms with Crippen LogP contribution in [0.15, 0.2) is 0 Å². The first-order valence-electron chi connectivity index (χ1n) is 1.60. The summed E-state index contributed by atoms with van der Waals surface area (Å²) in [6.45, 7) is 1.72. The van der Waals surface area contributed by atoms with Gasteiger partial charge in [0.25, 0.3) is 0 Å². The predicted octanol–water partition coefficient (Wildman–Crippen LogP) is 2.93. The average molecular weight is 346 g/mol. The van der Waals surface area contributed by atoms with Crippen LogP contribution in [0.25, 0.3) is 0 Å². The maximum atomic E-state index is 9.58. The molecule has 0 radical (unpaired) electrons. The van der Waals surface area contributed by atoms with Gasteiger partial charge in [0.05, 0.1) is 0 Å². The maximum absolute atomic E-state index is 9.58. The zero-order valence-electron chi connectivity index (χ0n) is 3.75. The van der Waals surface area contributed by atoms with Crippen LogP contribution in [-0.4, -0.2) is 5.24 Å². The van der Waals surface area contributed by atoms with Gasteiger partial charge in [-0.05, 0) is 11.6 Å². The Hall–Kier alpha value is 1.42. The van der Waals surface area contributed by atoms with Crippen molar-refractivity contribution < 1.29 is 4.79 Å². The molecule has 0 N–H and O–H groups in total. The van der Waals surface area contributed by atoms with Crippen molar-refractivity contribution in [1.82, 2.24) is 0 Å². The number of carbonyl (C=O) groups is 1. The van der Waals surface area contributed by atoms with E-state index in [1.54, 1.807) is 6.92 Å². The summed E-state index contributed by atoms with van der Waals surface area (Å²) < 4.78 is 0. The average Bonchev–Trinajstić information content (AvgIpc) is 1.73. The summed E-state index contributed by atoms with van der Waals surface area (Å²) in [5.74, 6) is 0. The quantitative estimate of drug-likeness (QED) is 0.527. The molecule has 4 heteroatoms. The van der Waals surface area contributed by atoms with Crippen LogP contribution < -0.4 is 0 Å². The van der Waals surface area contributed by atoms with E-state index in [2.05, 4.69) is 37.2 Å². The van der Waals surface area contributed by atoms with Crippen molar-refractivity contribution in [3.8, 4) is 0 Å². The summed E-state index contributed by atoms with van der Waals surface area (Å²) in [7, 11) is 0. The molecule has 1 nitrogen and oxygen atoms in total. The zero-order valence-corrected chi connectivity index (χ0v) is 8.82. The molecule has 0 aliphatic rings. The molecule has 0 atom stereocenters. The standard InChI is InChI=1S/C3H5ClO.I2/c1-2-3(4)5;1-2/h2H2,1H3;. The van der Waals surface area contributed by atoms with Gasteiger partial charge in [-0.1, -0.05) is 6.92 Å². The van der Waals surface area contributed by atoms with Crippen molar-refractivity contribution in [3.63, 3.8) is 0 Å². The van der Waals surface area contributed by atoms with Gasteiger partial charge in [0.2, 0.25) is 5.24 Å². The molecule has 0 rings (SSSR count). The lowest BCUT2D eigenvalue weighted by Gasteiger charge is -1.68. The normalized spacial score (nSPS) is 6.29. The Bertz CT molecular complexity index is 48.2. The summed E-state index contributed by atoms with van der Waals surface area (Å²) in [4.78, 5) is 9.58. The molecular formula is C3H5ClI2O. The second-order valence-electron chi connectivity index (χ2n) is 0.709. The molecule has 0 fully saturated rings. The van der Waals surface area contributed by atoms with Crippen LogP contribution in [0, 0.1) is 0 Å². The SMILES string of the molecule is CCC(=O)Cl.II. The molecule has 0 spiro atoms. The largest absolute Gasteiger partial charge is 0.281 e. The Kier molecular flexibility index (Phi) is 16.7. The van der Waals surface area contributed by atoms with Crippen molar-refractivity contribution in [2.75, 3.05) is 0 Å². The summed E-state index contributed by atoms with van der Waals surface area (Å²) in [6.07, 6.45) is 0.432. The fraction of sp³-hybridized carbons (Fsp3) is 0.667. The van der Waals surface area contributed by atoms with E-state index >= 15 is 0 Å². The predicted molar refractivity (Wildman–Crippen MR) is 49.2 cm³/mol. The van der Waals surface area contributed by atoms with Crippen molar-refractivity contribution in [1.29, 1.82) is 0 Å². The lowest BCUT2D eigenvalue weighted by atomic mass is 10.6. The highest BCUT2D eigenvalue weighted by atomic mass is 128. The Morgan fingerprint density at radius 2 is 1.86 bits per heavy atom. The first-order valence-corrected chi connectivity index (χ1v) is 8.26. The lowest BCUT2D eigenvalue weighted by molar-refractivity contribution is -0.111. The van der Waals surface area contributed by atoms with Gasteiger partial charge in [0.15, 0.2) is 0 Å². The van der Waals surface area contributed by atoms with Crippen molar-refractivity contribution in [3.05, 3.63) is 0 Å². The van der Waals surface area contributed by atoms with Gasteiger partial charge in [-0.25, -0.2) is 0 Å². The first kappa shape index (κ1) is 11.2. The van der Waals surface area contributed by atoms with Crippen LogP contribution >= 0.6 is 48.8 Å². The van der Waals surface area contributed by atoms with E-state index in [0.29, 0.717) is 6.42 Å². The van der Waals surface area contributed by atoms with Gasteiger partial charge in [0.1, 0.15) is 0 Å². The first-order chi connectivity index (χ1) is 3.27. The van der Waals surface area contributed by atoms with Gasteiger partial charge in [-0.15, -0.1) is 0 Å². The second kappa shape index (κ2) is 10.4. The van der Waals surface area contributed by atoms with E-state index in [4.69, 9.17) is 11.6 Å². The fourth-order valence-corrected chi connectivity index (χ4v) is 0. The molecule has 0 amide bonds. The summed E-state index contributed by atoms with van der Waals surface area (Å²) in [5, 5.41) is -0.273. The topological polar surface area (TPSA) is 17.1 Å². The highest BCUT2D eigenvalue weighted by Crippen LogP contribution is 1.89. The summed E-state index contributed by atoms with van der Waals surface area (Å²) in [6, 6.07) is 0. The minimum Gasteiger partial charge on any atom is -0.281 e. The molecule has 0 aliphatic carbocycles. The second-order valence-corrected chi connectivity index (χ2v) is 1.13. The minimum absolute atomic E-state index is 0.273. The molecule has 0 aromatic carbocycles. The lowest BCUT2D eigenvalue weighted by Crippen LogP contribution is -1.74. The molecule has 0 aliphatic heterocycles. The van der Waals surface area contributed by atoms with Gasteiger partial charge < -0.3 is 0 Å². The van der Waals surface area contributed by atoms with Gasteiger partial charge in [-0.3, -0.25) is 4.79 Å². The molecule has 0 unspecified atom stereocenters. The van der Waals surface area contributed by atoms with Crippen LogP contribution in [0.2, 0.25) is 0 Å². The van der Waals surface area contributed by atoms with E-state index in [0.717, 1.165) is 0 Å². The van der Waals surface area contributed by atoms with Gasteiger partial charge in [0, 0.05) is 43.7 Å². The summed E-state index contributed by atoms with van der Waals surface area (Å²) >= 11 is 9.06. The minimum atomic E-state index is -0.273. The molecule has 0 bridgehead atoms. The third kappa shape index (κ3) is 18.6. The van der Waals surface area contributed by atoms with Crippen LogP contribution in [-0.2, 0) is 4.79 Å². The molecule has 7 heavy (non-hydrogen) atoms. The molecule has 0 aromatic heterocycles. The third-order valence-corrected chi connectivity index (χ3v) is 0.545. The van der Waals surface area contributed by atoms with Crippen LogP contribution in [0.1, 0.15) is 13.3 Å². The Morgan fingerprint density at radius 1 is 1.71 bits per heavy atom. The molecule has 44 valence electrons. The van der Waals surface area contributed by atoms with E-state index < -0.39 is 0 Å². The highest BCUT2D eigenvalue weighted by Gasteiger charge is 1.81. The van der Waals surface area contributed by atoms with Crippen LogP contribution in [0.5, 0.6) is 0 Å².